The average molecular weight is 286 g/mol. The predicted octanol–water partition coefficient (Wildman–Crippen LogP) is 2.18. The minimum absolute atomic E-state index is 0.204. The van der Waals surface area contributed by atoms with E-state index >= 15 is 0 Å². The van der Waals surface area contributed by atoms with Crippen LogP contribution in [0.2, 0.25) is 0 Å². The number of aliphatic hydroxyl groups is 1. The molecule has 1 saturated carbocycles. The van der Waals surface area contributed by atoms with Crippen molar-refractivity contribution < 1.29 is 5.11 Å². The van der Waals surface area contributed by atoms with Crippen LogP contribution in [0.4, 0.5) is 5.95 Å². The molecule has 112 valence electrons. The van der Waals surface area contributed by atoms with Crippen LogP contribution in [0.1, 0.15) is 49.9 Å². The summed E-state index contributed by atoms with van der Waals surface area (Å²) in [5, 5.41) is 19.4. The predicted molar refractivity (Wildman–Crippen MR) is 79.8 cm³/mol. The second kappa shape index (κ2) is 5.98. The van der Waals surface area contributed by atoms with E-state index in [1.165, 1.54) is 6.42 Å². The smallest absolute Gasteiger partial charge is 0.227 e. The van der Waals surface area contributed by atoms with Crippen LogP contribution in [0.3, 0.4) is 0 Å². The molecule has 1 aliphatic carbocycles. The molecule has 1 aliphatic heterocycles. The van der Waals surface area contributed by atoms with Crippen molar-refractivity contribution >= 4 is 5.95 Å². The normalized spacial score (nSPS) is 29.4. The average Bonchev–Trinajstić information content (AvgIpc) is 2.96. The van der Waals surface area contributed by atoms with E-state index in [0.717, 1.165) is 44.3 Å². The second-order valence-electron chi connectivity index (χ2n) is 6.22. The van der Waals surface area contributed by atoms with Crippen molar-refractivity contribution in [1.29, 1.82) is 5.26 Å². The maximum Gasteiger partial charge on any atom is 0.227 e. The zero-order valence-electron chi connectivity index (χ0n) is 12.5. The molecule has 3 atom stereocenters. The molecule has 0 radical (unpaired) electrons. The Morgan fingerprint density at radius 3 is 2.81 bits per heavy atom. The van der Waals surface area contributed by atoms with Gasteiger partial charge in [-0.15, -0.1) is 0 Å². The molecule has 2 aliphatic rings. The Kier molecular flexibility index (Phi) is 4.07. The lowest BCUT2D eigenvalue weighted by atomic mass is 9.80. The van der Waals surface area contributed by atoms with Crippen molar-refractivity contribution in [1.82, 2.24) is 9.97 Å². The van der Waals surface area contributed by atoms with Gasteiger partial charge in [-0.25, -0.2) is 9.97 Å². The monoisotopic (exact) mass is 286 g/mol. The first-order chi connectivity index (χ1) is 10.2. The number of aliphatic hydroxyl groups excluding tert-OH is 1. The van der Waals surface area contributed by atoms with Crippen LogP contribution < -0.4 is 4.90 Å². The third-order valence-corrected chi connectivity index (χ3v) is 4.79. The number of hydrogen-bond donors (Lipinski definition) is 1. The molecular weight excluding hydrogens is 264 g/mol. The van der Waals surface area contributed by atoms with E-state index in [-0.39, 0.29) is 6.10 Å². The molecule has 5 heteroatoms. The summed E-state index contributed by atoms with van der Waals surface area (Å²) in [5.74, 6) is 0.975. The van der Waals surface area contributed by atoms with Crippen LogP contribution in [0.25, 0.3) is 0 Å². The number of nitrogens with zero attached hydrogens (tertiary/aromatic N) is 4. The number of hydrogen-bond acceptors (Lipinski definition) is 5. The van der Waals surface area contributed by atoms with Gasteiger partial charge in [0, 0.05) is 24.2 Å². The van der Waals surface area contributed by atoms with Gasteiger partial charge in [-0.05, 0) is 38.7 Å². The summed E-state index contributed by atoms with van der Waals surface area (Å²) in [6, 6.07) is 4.13. The van der Waals surface area contributed by atoms with E-state index in [0.29, 0.717) is 23.6 Å². The zero-order chi connectivity index (χ0) is 14.8. The van der Waals surface area contributed by atoms with E-state index in [9.17, 15) is 5.11 Å². The van der Waals surface area contributed by atoms with E-state index in [2.05, 4.69) is 20.9 Å². The van der Waals surface area contributed by atoms with Gasteiger partial charge in [0.05, 0.1) is 6.10 Å². The molecule has 21 heavy (non-hydrogen) atoms. The van der Waals surface area contributed by atoms with Gasteiger partial charge < -0.3 is 10.0 Å². The fourth-order valence-corrected chi connectivity index (χ4v) is 3.81. The molecule has 1 aromatic rings. The van der Waals surface area contributed by atoms with Crippen LogP contribution in [0.5, 0.6) is 0 Å². The third-order valence-electron chi connectivity index (χ3n) is 4.79. The van der Waals surface area contributed by atoms with Gasteiger partial charge in [-0.3, -0.25) is 0 Å². The number of aromatic nitrogens is 2. The first-order valence-corrected chi connectivity index (χ1v) is 7.89. The summed E-state index contributed by atoms with van der Waals surface area (Å²) in [4.78, 5) is 11.1. The van der Waals surface area contributed by atoms with Gasteiger partial charge in [-0.2, -0.15) is 5.26 Å². The summed E-state index contributed by atoms with van der Waals surface area (Å²) in [6.07, 6.45) is 6.30. The molecule has 0 aromatic carbocycles. The maximum atomic E-state index is 10.3. The maximum absolute atomic E-state index is 10.3. The van der Waals surface area contributed by atoms with E-state index in [1.807, 2.05) is 6.92 Å². The largest absolute Gasteiger partial charge is 0.393 e. The van der Waals surface area contributed by atoms with Crippen molar-refractivity contribution in [3.63, 3.8) is 0 Å². The van der Waals surface area contributed by atoms with Crippen LogP contribution in [0.15, 0.2) is 6.07 Å². The summed E-state index contributed by atoms with van der Waals surface area (Å²) in [7, 11) is 0. The number of nitriles is 1. The molecule has 0 spiro atoms. The van der Waals surface area contributed by atoms with Crippen molar-refractivity contribution in [3.8, 4) is 6.07 Å². The van der Waals surface area contributed by atoms with Crippen LogP contribution in [-0.4, -0.2) is 33.8 Å². The molecule has 0 unspecified atom stereocenters. The number of rotatable bonds is 2. The van der Waals surface area contributed by atoms with E-state index in [1.54, 1.807) is 6.07 Å². The highest BCUT2D eigenvalue weighted by Gasteiger charge is 2.38. The highest BCUT2D eigenvalue weighted by atomic mass is 16.3. The lowest BCUT2D eigenvalue weighted by Gasteiger charge is -2.37. The minimum Gasteiger partial charge on any atom is -0.393 e. The highest BCUT2D eigenvalue weighted by molar-refractivity contribution is 5.38. The van der Waals surface area contributed by atoms with Gasteiger partial charge in [0.2, 0.25) is 5.95 Å². The molecule has 2 fully saturated rings. The molecule has 1 N–H and O–H groups in total. The quantitative estimate of drug-likeness (QED) is 0.902. The van der Waals surface area contributed by atoms with Crippen molar-refractivity contribution in [3.05, 3.63) is 17.5 Å². The second-order valence-corrected chi connectivity index (χ2v) is 6.22. The van der Waals surface area contributed by atoms with Gasteiger partial charge in [0.1, 0.15) is 11.8 Å². The zero-order valence-corrected chi connectivity index (χ0v) is 12.5. The van der Waals surface area contributed by atoms with Crippen LogP contribution >= 0.6 is 0 Å². The lowest BCUT2D eigenvalue weighted by Crippen LogP contribution is -2.43. The summed E-state index contributed by atoms with van der Waals surface area (Å²) in [5.41, 5.74) is 1.25. The van der Waals surface area contributed by atoms with E-state index in [4.69, 9.17) is 5.26 Å². The molecule has 1 aromatic heterocycles. The van der Waals surface area contributed by atoms with Crippen LogP contribution in [-0.2, 0) is 0 Å². The Morgan fingerprint density at radius 1 is 1.24 bits per heavy atom. The highest BCUT2D eigenvalue weighted by Crippen LogP contribution is 2.36. The van der Waals surface area contributed by atoms with Gasteiger partial charge in [0.25, 0.3) is 0 Å². The van der Waals surface area contributed by atoms with Gasteiger partial charge in [-0.1, -0.05) is 12.8 Å². The topological polar surface area (TPSA) is 73.0 Å². The summed E-state index contributed by atoms with van der Waals surface area (Å²) in [6.45, 7) is 2.81. The number of anilines is 1. The van der Waals surface area contributed by atoms with Crippen LogP contribution in [0, 0.1) is 24.2 Å². The Labute approximate surface area is 125 Å². The molecule has 2 heterocycles. The Balaban J connectivity index is 1.87. The molecule has 0 bridgehead atoms. The lowest BCUT2D eigenvalue weighted by molar-refractivity contribution is 0.0564. The van der Waals surface area contributed by atoms with E-state index < -0.39 is 0 Å². The Bertz CT molecular complexity index is 554. The SMILES string of the molecule is Cc1cc(C#N)nc(N2CCC[C@@H]2[C@@H]2CCCC[C@@H]2O)n1. The first-order valence-electron chi connectivity index (χ1n) is 7.89. The van der Waals surface area contributed by atoms with Crippen molar-refractivity contribution in [2.75, 3.05) is 11.4 Å². The Hall–Kier alpha value is -1.67. The minimum atomic E-state index is -0.204. The molecule has 3 rings (SSSR count). The first kappa shape index (κ1) is 14.3. The molecule has 1 saturated heterocycles. The van der Waals surface area contributed by atoms with Gasteiger partial charge in [0.15, 0.2) is 0 Å². The number of aryl methyl sites for hydroxylation is 1. The fraction of sp³-hybridized carbons (Fsp3) is 0.688. The molecule has 5 nitrogen and oxygen atoms in total. The standard InChI is InChI=1S/C16H22N4O/c1-11-9-12(10-17)19-16(18-11)20-8-4-6-14(20)13-5-2-3-7-15(13)21/h9,13-15,21H,2-8H2,1H3/t13-,14+,15-/m0/s1. The fourth-order valence-electron chi connectivity index (χ4n) is 3.81. The molecular formula is C16H22N4O. The molecule has 0 amide bonds. The summed E-state index contributed by atoms with van der Waals surface area (Å²) >= 11 is 0. The van der Waals surface area contributed by atoms with Crippen molar-refractivity contribution in [2.24, 2.45) is 5.92 Å². The third kappa shape index (κ3) is 2.86. The summed E-state index contributed by atoms with van der Waals surface area (Å²) < 4.78 is 0. The Morgan fingerprint density at radius 2 is 2.05 bits per heavy atom. The van der Waals surface area contributed by atoms with Crippen molar-refractivity contribution in [2.45, 2.75) is 57.6 Å². The van der Waals surface area contributed by atoms with Gasteiger partial charge >= 0.3 is 0 Å².